The molecule has 3 nitrogen and oxygen atoms in total. The number of rotatable bonds is 2. The van der Waals surface area contributed by atoms with Gasteiger partial charge in [-0.15, -0.1) is 12.4 Å². The van der Waals surface area contributed by atoms with E-state index in [1.807, 2.05) is 6.92 Å². The smallest absolute Gasteiger partial charge is 0.195 e. The first kappa shape index (κ1) is 18.0. The molecule has 2 heterocycles. The molecule has 0 aliphatic carbocycles. The summed E-state index contributed by atoms with van der Waals surface area (Å²) in [6.07, 6.45) is 6.24. The Kier molecular flexibility index (Phi) is 5.19. The number of anilines is 1. The number of benzene rings is 2. The lowest BCUT2D eigenvalue weighted by atomic mass is 10.0. The Hall–Kier alpha value is -1.81. The summed E-state index contributed by atoms with van der Waals surface area (Å²) in [5.41, 5.74) is 5.05. The zero-order chi connectivity index (χ0) is 16.6. The molecule has 1 atom stereocenters. The van der Waals surface area contributed by atoms with Crippen LogP contribution in [0, 0.1) is 0 Å². The van der Waals surface area contributed by atoms with E-state index in [-0.39, 0.29) is 12.4 Å². The molecule has 4 rings (SSSR count). The number of para-hydroxylation sites is 1. The topological polar surface area (TPSA) is 26.7 Å². The van der Waals surface area contributed by atoms with Crippen LogP contribution in [0.4, 0.5) is 5.69 Å². The van der Waals surface area contributed by atoms with E-state index in [2.05, 4.69) is 70.5 Å². The molecule has 0 radical (unpaired) electrons. The molecular formula is C21H25ClN2O. The van der Waals surface area contributed by atoms with Crippen LogP contribution in [0.25, 0.3) is 0 Å². The molecule has 0 fully saturated rings. The fourth-order valence-electron chi connectivity index (χ4n) is 3.84. The lowest BCUT2D eigenvalue weighted by Crippen LogP contribution is -2.59. The first-order valence-electron chi connectivity index (χ1n) is 8.71. The first-order valence-corrected chi connectivity index (χ1v) is 8.71. The molecule has 25 heavy (non-hydrogen) atoms. The lowest BCUT2D eigenvalue weighted by Gasteiger charge is -2.46. The number of fused-ring (bicyclic) bond motifs is 2. The van der Waals surface area contributed by atoms with E-state index >= 15 is 0 Å². The van der Waals surface area contributed by atoms with Gasteiger partial charge < -0.3 is 10.0 Å². The van der Waals surface area contributed by atoms with E-state index < -0.39 is 5.85 Å². The molecule has 4 heteroatoms. The molecular weight excluding hydrogens is 332 g/mol. The highest BCUT2D eigenvalue weighted by molar-refractivity contribution is 5.85. The molecule has 0 saturated heterocycles. The predicted molar refractivity (Wildman–Crippen MR) is 105 cm³/mol. The molecule has 2 aromatic rings. The van der Waals surface area contributed by atoms with Crippen molar-refractivity contribution < 1.29 is 5.11 Å². The zero-order valence-corrected chi connectivity index (χ0v) is 15.4. The van der Waals surface area contributed by atoms with E-state index in [0.717, 1.165) is 38.2 Å². The van der Waals surface area contributed by atoms with Gasteiger partial charge in [-0.1, -0.05) is 54.6 Å². The Morgan fingerprint density at radius 1 is 0.920 bits per heavy atom. The standard InChI is InChI=1S/C21H24N2O.ClH/c1-21(24,22-13-7-2-8-14-22)23-16-19-11-4-3-9-17(19)15-18-10-5-6-12-20(18)23;/h2-7,9-12,24H,8,13-16H2,1H3;1H. The normalized spacial score (nSPS) is 19.2. The van der Waals surface area contributed by atoms with Gasteiger partial charge in [0.1, 0.15) is 0 Å². The maximum absolute atomic E-state index is 11.5. The monoisotopic (exact) mass is 356 g/mol. The summed E-state index contributed by atoms with van der Waals surface area (Å²) in [7, 11) is 0. The number of halogens is 1. The molecule has 2 aliphatic rings. The summed E-state index contributed by atoms with van der Waals surface area (Å²) < 4.78 is 0. The van der Waals surface area contributed by atoms with Gasteiger partial charge in [0.15, 0.2) is 5.85 Å². The van der Waals surface area contributed by atoms with Crippen LogP contribution in [0.5, 0.6) is 0 Å². The molecule has 2 aromatic carbocycles. The Morgan fingerprint density at radius 2 is 1.60 bits per heavy atom. The van der Waals surface area contributed by atoms with Crippen molar-refractivity contribution in [3.63, 3.8) is 0 Å². The molecule has 1 N–H and O–H groups in total. The van der Waals surface area contributed by atoms with Crippen LogP contribution >= 0.6 is 12.4 Å². The largest absolute Gasteiger partial charge is 0.358 e. The van der Waals surface area contributed by atoms with Crippen LogP contribution in [0.3, 0.4) is 0 Å². The van der Waals surface area contributed by atoms with Crippen LogP contribution < -0.4 is 4.90 Å². The predicted octanol–water partition coefficient (Wildman–Crippen LogP) is 3.95. The van der Waals surface area contributed by atoms with E-state index in [1.165, 1.54) is 16.7 Å². The summed E-state index contributed by atoms with van der Waals surface area (Å²) in [6.45, 7) is 4.31. The van der Waals surface area contributed by atoms with Gasteiger partial charge in [-0.2, -0.15) is 0 Å². The Bertz CT molecular complexity index is 772. The average Bonchev–Trinajstić information content (AvgIpc) is 2.79. The highest BCUT2D eigenvalue weighted by Gasteiger charge is 2.38. The van der Waals surface area contributed by atoms with Gasteiger partial charge in [0.05, 0.1) is 0 Å². The Labute approximate surface area is 156 Å². The first-order chi connectivity index (χ1) is 11.7. The van der Waals surface area contributed by atoms with Gasteiger partial charge >= 0.3 is 0 Å². The fraction of sp³-hybridized carbons (Fsp3) is 0.333. The van der Waals surface area contributed by atoms with Crippen molar-refractivity contribution in [3.05, 3.63) is 77.4 Å². The minimum Gasteiger partial charge on any atom is -0.358 e. The molecule has 0 aromatic heterocycles. The van der Waals surface area contributed by atoms with Gasteiger partial charge in [-0.3, -0.25) is 4.90 Å². The molecule has 0 bridgehead atoms. The third-order valence-electron chi connectivity index (χ3n) is 5.28. The summed E-state index contributed by atoms with van der Waals surface area (Å²) >= 11 is 0. The fourth-order valence-corrected chi connectivity index (χ4v) is 3.84. The summed E-state index contributed by atoms with van der Waals surface area (Å²) in [5.74, 6) is -1.02. The van der Waals surface area contributed by atoms with Crippen molar-refractivity contribution in [2.45, 2.75) is 32.2 Å². The van der Waals surface area contributed by atoms with E-state index in [1.54, 1.807) is 0 Å². The van der Waals surface area contributed by atoms with Crippen molar-refractivity contribution >= 4 is 18.1 Å². The minimum absolute atomic E-state index is 0. The molecule has 0 spiro atoms. The number of aliphatic hydroxyl groups is 1. The van der Waals surface area contributed by atoms with Crippen molar-refractivity contribution in [3.8, 4) is 0 Å². The SMILES string of the molecule is CC(O)(N1CC=CCC1)N1Cc2ccccc2Cc2ccccc21.Cl. The molecule has 0 saturated carbocycles. The number of hydrogen-bond donors (Lipinski definition) is 1. The number of nitrogens with zero attached hydrogens (tertiary/aromatic N) is 2. The second kappa shape index (κ2) is 7.20. The Balaban J connectivity index is 0.00000182. The van der Waals surface area contributed by atoms with E-state index in [0.29, 0.717) is 0 Å². The van der Waals surface area contributed by atoms with Crippen LogP contribution in [-0.2, 0) is 13.0 Å². The molecule has 1 unspecified atom stereocenters. The van der Waals surface area contributed by atoms with Crippen molar-refractivity contribution in [1.82, 2.24) is 4.90 Å². The van der Waals surface area contributed by atoms with Gasteiger partial charge in [0.2, 0.25) is 0 Å². The molecule has 0 amide bonds. The highest BCUT2D eigenvalue weighted by atomic mass is 35.5. The molecule has 132 valence electrons. The zero-order valence-electron chi connectivity index (χ0n) is 14.6. The Morgan fingerprint density at radius 3 is 2.32 bits per heavy atom. The molecule has 2 aliphatic heterocycles. The summed E-state index contributed by atoms with van der Waals surface area (Å²) in [4.78, 5) is 4.31. The minimum atomic E-state index is -1.02. The maximum Gasteiger partial charge on any atom is 0.195 e. The van der Waals surface area contributed by atoms with Crippen molar-refractivity contribution in [2.75, 3.05) is 18.0 Å². The lowest BCUT2D eigenvalue weighted by molar-refractivity contribution is -0.0916. The quantitative estimate of drug-likeness (QED) is 0.825. The van der Waals surface area contributed by atoms with Gasteiger partial charge in [-0.25, -0.2) is 0 Å². The third-order valence-corrected chi connectivity index (χ3v) is 5.28. The van der Waals surface area contributed by atoms with Crippen molar-refractivity contribution in [1.29, 1.82) is 0 Å². The van der Waals surface area contributed by atoms with Crippen LogP contribution in [0.15, 0.2) is 60.7 Å². The summed E-state index contributed by atoms with van der Waals surface area (Å²) in [5, 5.41) is 11.5. The van der Waals surface area contributed by atoms with E-state index in [4.69, 9.17) is 0 Å². The van der Waals surface area contributed by atoms with E-state index in [9.17, 15) is 5.11 Å². The second-order valence-corrected chi connectivity index (χ2v) is 6.84. The van der Waals surface area contributed by atoms with Gasteiger partial charge in [-0.05, 0) is 42.5 Å². The third kappa shape index (κ3) is 3.32. The highest BCUT2D eigenvalue weighted by Crippen LogP contribution is 2.36. The van der Waals surface area contributed by atoms with Gasteiger partial charge in [0, 0.05) is 25.3 Å². The van der Waals surface area contributed by atoms with Crippen molar-refractivity contribution in [2.24, 2.45) is 0 Å². The van der Waals surface area contributed by atoms with Gasteiger partial charge in [0.25, 0.3) is 0 Å². The number of hydrogen-bond acceptors (Lipinski definition) is 3. The summed E-state index contributed by atoms with van der Waals surface area (Å²) in [6, 6.07) is 17.0. The van der Waals surface area contributed by atoms with Crippen LogP contribution in [0.1, 0.15) is 30.0 Å². The second-order valence-electron chi connectivity index (χ2n) is 6.84. The average molecular weight is 357 g/mol. The van der Waals surface area contributed by atoms with Crippen LogP contribution in [-0.4, -0.2) is 28.9 Å². The maximum atomic E-state index is 11.5. The van der Waals surface area contributed by atoms with Crippen LogP contribution in [0.2, 0.25) is 0 Å².